The number of aliphatic hydroxyl groups is 1. The van der Waals surface area contributed by atoms with Gasteiger partial charge in [-0.3, -0.25) is 9.00 Å². The maximum atomic E-state index is 13.6. The van der Waals surface area contributed by atoms with Crippen LogP contribution in [0.25, 0.3) is 0 Å². The molecule has 0 spiro atoms. The predicted molar refractivity (Wildman–Crippen MR) is 158 cm³/mol. The van der Waals surface area contributed by atoms with Gasteiger partial charge in [0.25, 0.3) is 0 Å². The van der Waals surface area contributed by atoms with E-state index in [1.165, 1.54) is 44.9 Å². The van der Waals surface area contributed by atoms with E-state index in [1.807, 2.05) is 19.1 Å². The zero-order valence-corrected chi connectivity index (χ0v) is 25.9. The molecular formula is C32H54O6S. The molecule has 7 heteroatoms. The quantitative estimate of drug-likeness (QED) is 0.147. The molecular weight excluding hydrogens is 512 g/mol. The van der Waals surface area contributed by atoms with E-state index < -0.39 is 33.7 Å². The molecule has 1 aromatic rings. The number of benzene rings is 1. The highest BCUT2D eigenvalue weighted by atomic mass is 32.2. The van der Waals surface area contributed by atoms with Gasteiger partial charge in [0, 0.05) is 17.9 Å². The van der Waals surface area contributed by atoms with Crippen molar-refractivity contribution in [3.05, 3.63) is 29.8 Å². The van der Waals surface area contributed by atoms with Crippen LogP contribution in [0.1, 0.15) is 123 Å². The van der Waals surface area contributed by atoms with Gasteiger partial charge in [0.15, 0.2) is 11.5 Å². The maximum Gasteiger partial charge on any atom is 0.325 e. The summed E-state index contributed by atoms with van der Waals surface area (Å²) < 4.78 is 31.4. The van der Waals surface area contributed by atoms with Crippen LogP contribution in [-0.2, 0) is 29.8 Å². The molecule has 0 radical (unpaired) electrons. The van der Waals surface area contributed by atoms with Crippen LogP contribution in [0.4, 0.5) is 0 Å². The van der Waals surface area contributed by atoms with Gasteiger partial charge in [0.1, 0.15) is 5.60 Å². The molecule has 1 aromatic carbocycles. The second kappa shape index (κ2) is 18.2. The van der Waals surface area contributed by atoms with Crippen molar-refractivity contribution in [1.82, 2.24) is 0 Å². The first-order valence-electron chi connectivity index (χ1n) is 15.3. The average Bonchev–Trinajstić information content (AvgIpc) is 2.87. The van der Waals surface area contributed by atoms with Crippen molar-refractivity contribution in [3.8, 4) is 0 Å². The Morgan fingerprint density at radius 2 is 1.64 bits per heavy atom. The molecule has 1 aliphatic heterocycles. The monoisotopic (exact) mass is 566 g/mol. The zero-order chi connectivity index (χ0) is 28.7. The van der Waals surface area contributed by atoms with Gasteiger partial charge in [0.05, 0.1) is 23.0 Å². The number of hydrogen-bond acceptors (Lipinski definition) is 6. The molecule has 0 aromatic heterocycles. The Balaban J connectivity index is 2.06. The Labute approximate surface area is 240 Å². The minimum Gasteiger partial charge on any atom is -0.459 e. The SMILES string of the molecule is CCCCCCCCCCC[C@H](C[C@H](O)C(C(=O)OC(C)(C)C)[S@](=O)c1ccc(C)cc1)OC1CCCCO1. The predicted octanol–water partition coefficient (Wildman–Crippen LogP) is 7.40. The summed E-state index contributed by atoms with van der Waals surface area (Å²) >= 11 is 0. The van der Waals surface area contributed by atoms with Gasteiger partial charge >= 0.3 is 5.97 Å². The Morgan fingerprint density at radius 3 is 2.21 bits per heavy atom. The van der Waals surface area contributed by atoms with E-state index in [4.69, 9.17) is 14.2 Å². The first-order chi connectivity index (χ1) is 18.6. The molecule has 1 N–H and O–H groups in total. The summed E-state index contributed by atoms with van der Waals surface area (Å²) in [7, 11) is -1.77. The lowest BCUT2D eigenvalue weighted by molar-refractivity contribution is -0.194. The number of hydrogen-bond donors (Lipinski definition) is 1. The minimum absolute atomic E-state index is 0.207. The molecule has 2 rings (SSSR count). The number of carbonyl (C=O) groups is 1. The summed E-state index contributed by atoms with van der Waals surface area (Å²) in [4.78, 5) is 13.7. The average molecular weight is 567 g/mol. The van der Waals surface area contributed by atoms with Crippen molar-refractivity contribution in [2.24, 2.45) is 0 Å². The highest BCUT2D eigenvalue weighted by molar-refractivity contribution is 7.86. The third-order valence-electron chi connectivity index (χ3n) is 7.09. The highest BCUT2D eigenvalue weighted by Crippen LogP contribution is 2.26. The van der Waals surface area contributed by atoms with E-state index in [1.54, 1.807) is 32.9 Å². The summed E-state index contributed by atoms with van der Waals surface area (Å²) in [6, 6.07) is 7.23. The van der Waals surface area contributed by atoms with Gasteiger partial charge in [-0.05, 0) is 65.5 Å². The smallest absolute Gasteiger partial charge is 0.325 e. The fraction of sp³-hybridized carbons (Fsp3) is 0.781. The fourth-order valence-corrected chi connectivity index (χ4v) is 6.23. The molecule has 0 saturated carbocycles. The van der Waals surface area contributed by atoms with Crippen molar-refractivity contribution in [2.75, 3.05) is 6.61 Å². The number of aliphatic hydroxyl groups excluding tert-OH is 1. The van der Waals surface area contributed by atoms with Crippen molar-refractivity contribution in [2.45, 2.75) is 159 Å². The second-order valence-corrected chi connectivity index (χ2v) is 13.6. The normalized spacial score (nSPS) is 19.3. The van der Waals surface area contributed by atoms with Gasteiger partial charge < -0.3 is 19.3 Å². The molecule has 0 amide bonds. The number of rotatable bonds is 18. The molecule has 6 nitrogen and oxygen atoms in total. The minimum atomic E-state index is -1.77. The van der Waals surface area contributed by atoms with E-state index in [0.29, 0.717) is 11.5 Å². The lowest BCUT2D eigenvalue weighted by Gasteiger charge is -2.31. The number of aryl methyl sites for hydroxylation is 1. The first-order valence-corrected chi connectivity index (χ1v) is 16.5. The van der Waals surface area contributed by atoms with Crippen molar-refractivity contribution in [1.29, 1.82) is 0 Å². The molecule has 224 valence electrons. The van der Waals surface area contributed by atoms with Crippen LogP contribution in [0.15, 0.2) is 29.2 Å². The van der Waals surface area contributed by atoms with Gasteiger partial charge in [-0.15, -0.1) is 0 Å². The zero-order valence-electron chi connectivity index (χ0n) is 25.1. The topological polar surface area (TPSA) is 82.1 Å². The molecule has 1 heterocycles. The largest absolute Gasteiger partial charge is 0.459 e. The van der Waals surface area contributed by atoms with E-state index in [9.17, 15) is 14.1 Å². The summed E-state index contributed by atoms with van der Waals surface area (Å²) in [5.74, 6) is -0.648. The molecule has 5 atom stereocenters. The highest BCUT2D eigenvalue weighted by Gasteiger charge is 2.38. The maximum absolute atomic E-state index is 13.6. The number of unbranched alkanes of at least 4 members (excludes halogenated alkanes) is 8. The molecule has 2 unspecified atom stereocenters. The van der Waals surface area contributed by atoms with Crippen LogP contribution < -0.4 is 0 Å². The van der Waals surface area contributed by atoms with Crippen LogP contribution in [-0.4, -0.2) is 51.2 Å². The van der Waals surface area contributed by atoms with Gasteiger partial charge in [-0.1, -0.05) is 82.4 Å². The molecule has 0 bridgehead atoms. The van der Waals surface area contributed by atoms with Gasteiger partial charge in [0.2, 0.25) is 0 Å². The van der Waals surface area contributed by atoms with Crippen LogP contribution >= 0.6 is 0 Å². The third kappa shape index (κ3) is 13.8. The van der Waals surface area contributed by atoms with Crippen LogP contribution in [0, 0.1) is 6.92 Å². The number of esters is 1. The lowest BCUT2D eigenvalue weighted by Crippen LogP contribution is -2.44. The molecule has 1 saturated heterocycles. The first kappa shape index (κ1) is 33.9. The van der Waals surface area contributed by atoms with E-state index in [2.05, 4.69) is 6.92 Å². The second-order valence-electron chi connectivity index (χ2n) is 12.0. The summed E-state index contributed by atoms with van der Waals surface area (Å²) in [6.45, 7) is 10.2. The van der Waals surface area contributed by atoms with Gasteiger partial charge in [-0.2, -0.15) is 0 Å². The standard InChI is InChI=1S/C32H54O6S/c1-6-7-8-9-10-11-12-13-14-17-26(37-29-18-15-16-23-36-29)24-28(33)30(31(34)38-32(3,4)5)39(35)27-21-19-25(2)20-22-27/h19-22,26,28-30,33H,6-18,23-24H2,1-5H3/t26-,28+,29?,30?,39-/m1/s1. The van der Waals surface area contributed by atoms with E-state index in [-0.39, 0.29) is 18.8 Å². The Kier molecular flexibility index (Phi) is 15.8. The Bertz CT molecular complexity index is 828. The summed E-state index contributed by atoms with van der Waals surface area (Å²) in [5.41, 5.74) is 0.279. The van der Waals surface area contributed by atoms with Crippen molar-refractivity contribution >= 4 is 16.8 Å². The van der Waals surface area contributed by atoms with Gasteiger partial charge in [-0.25, -0.2) is 0 Å². The van der Waals surface area contributed by atoms with Crippen LogP contribution in [0.3, 0.4) is 0 Å². The van der Waals surface area contributed by atoms with Crippen LogP contribution in [0.5, 0.6) is 0 Å². The van der Waals surface area contributed by atoms with Crippen molar-refractivity contribution < 1.29 is 28.3 Å². The van der Waals surface area contributed by atoms with Crippen molar-refractivity contribution in [3.63, 3.8) is 0 Å². The lowest BCUT2D eigenvalue weighted by atomic mass is 10.0. The van der Waals surface area contributed by atoms with E-state index in [0.717, 1.165) is 44.1 Å². The molecule has 1 fully saturated rings. The number of carbonyl (C=O) groups excluding carboxylic acids is 1. The Hall–Kier alpha value is -1.28. The summed E-state index contributed by atoms with van der Waals surface area (Å²) in [5, 5.41) is 10.2. The Morgan fingerprint density at radius 1 is 1.03 bits per heavy atom. The van der Waals surface area contributed by atoms with E-state index >= 15 is 0 Å². The molecule has 1 aliphatic rings. The third-order valence-corrected chi connectivity index (χ3v) is 8.79. The molecule has 39 heavy (non-hydrogen) atoms. The summed E-state index contributed by atoms with van der Waals surface area (Å²) in [6.07, 6.45) is 13.2. The molecule has 0 aliphatic carbocycles. The van der Waals surface area contributed by atoms with Crippen LogP contribution in [0.2, 0.25) is 0 Å². The fourth-order valence-electron chi connectivity index (χ4n) is 4.92. The number of ether oxygens (including phenoxy) is 3.